The quantitative estimate of drug-likeness (QED) is 0.723. The zero-order valence-corrected chi connectivity index (χ0v) is 15.7. The molecule has 0 N–H and O–H groups in total. The molecule has 1 saturated heterocycles. The van der Waals surface area contributed by atoms with Crippen molar-refractivity contribution in [1.29, 1.82) is 0 Å². The van der Waals surface area contributed by atoms with Gasteiger partial charge in [-0.25, -0.2) is 4.39 Å². The van der Waals surface area contributed by atoms with Crippen LogP contribution in [0, 0.1) is 5.82 Å². The molecule has 0 aliphatic carbocycles. The number of carbonyl (C=O) groups excluding carboxylic acids is 1. The highest BCUT2D eigenvalue weighted by Crippen LogP contribution is 2.22. The van der Waals surface area contributed by atoms with Crippen LogP contribution in [0.25, 0.3) is 0 Å². The topological polar surface area (TPSA) is 32.8 Å². The predicted octanol–water partition coefficient (Wildman–Crippen LogP) is 3.67. The molecule has 1 fully saturated rings. The largest absolute Gasteiger partial charge is 0.497 e. The summed E-state index contributed by atoms with van der Waals surface area (Å²) in [5.74, 6) is 1.51. The highest BCUT2D eigenvalue weighted by Gasteiger charge is 2.21. The summed E-state index contributed by atoms with van der Waals surface area (Å²) in [5, 5.41) is 0. The van der Waals surface area contributed by atoms with Gasteiger partial charge in [0.1, 0.15) is 11.6 Å². The second-order valence-electron chi connectivity index (χ2n) is 6.12. The maximum atomic E-state index is 12.9. The van der Waals surface area contributed by atoms with Crippen molar-refractivity contribution in [2.75, 3.05) is 43.9 Å². The van der Waals surface area contributed by atoms with Crippen molar-refractivity contribution in [3.05, 3.63) is 54.3 Å². The van der Waals surface area contributed by atoms with Gasteiger partial charge in [0.15, 0.2) is 0 Å². The van der Waals surface area contributed by atoms with E-state index in [0.717, 1.165) is 42.5 Å². The lowest BCUT2D eigenvalue weighted by molar-refractivity contribution is -0.131. The number of benzene rings is 2. The minimum Gasteiger partial charge on any atom is -0.497 e. The Morgan fingerprint density at radius 3 is 2.31 bits per heavy atom. The number of carbonyl (C=O) groups is 1. The maximum Gasteiger partial charge on any atom is 0.223 e. The Balaban J connectivity index is 1.42. The van der Waals surface area contributed by atoms with Gasteiger partial charge in [-0.2, -0.15) is 0 Å². The van der Waals surface area contributed by atoms with Crippen LogP contribution in [0.15, 0.2) is 53.4 Å². The number of anilines is 1. The molecule has 138 valence electrons. The van der Waals surface area contributed by atoms with Gasteiger partial charge < -0.3 is 14.5 Å². The number of halogens is 1. The monoisotopic (exact) mass is 374 g/mol. The molecular formula is C20H23FN2O2S. The first-order valence-corrected chi connectivity index (χ1v) is 9.69. The van der Waals surface area contributed by atoms with Crippen LogP contribution in [0.2, 0.25) is 0 Å². The molecule has 0 spiro atoms. The first-order chi connectivity index (χ1) is 12.7. The van der Waals surface area contributed by atoms with Gasteiger partial charge in [0.2, 0.25) is 5.91 Å². The molecule has 1 amide bonds. The summed E-state index contributed by atoms with van der Waals surface area (Å²) in [6, 6.07) is 14.4. The average Bonchev–Trinajstić information content (AvgIpc) is 2.69. The lowest BCUT2D eigenvalue weighted by atomic mass is 10.2. The van der Waals surface area contributed by atoms with Crippen LogP contribution < -0.4 is 9.64 Å². The zero-order valence-electron chi connectivity index (χ0n) is 14.9. The second-order valence-corrected chi connectivity index (χ2v) is 7.29. The Kier molecular flexibility index (Phi) is 6.39. The molecule has 4 nitrogen and oxygen atoms in total. The second kappa shape index (κ2) is 8.94. The molecule has 1 aliphatic heterocycles. The highest BCUT2D eigenvalue weighted by atomic mass is 32.2. The average molecular weight is 374 g/mol. The molecule has 3 rings (SSSR count). The number of nitrogens with zero attached hydrogens (tertiary/aromatic N) is 2. The van der Waals surface area contributed by atoms with E-state index in [2.05, 4.69) is 17.0 Å². The van der Waals surface area contributed by atoms with E-state index in [1.165, 1.54) is 12.1 Å². The molecule has 1 aliphatic rings. The van der Waals surface area contributed by atoms with E-state index in [9.17, 15) is 9.18 Å². The van der Waals surface area contributed by atoms with Crippen LogP contribution in [0.4, 0.5) is 10.1 Å². The minimum atomic E-state index is -0.236. The minimum absolute atomic E-state index is 0.189. The molecule has 0 bridgehead atoms. The molecule has 0 radical (unpaired) electrons. The Bertz CT molecular complexity index is 714. The predicted molar refractivity (Wildman–Crippen MR) is 104 cm³/mol. The smallest absolute Gasteiger partial charge is 0.223 e. The van der Waals surface area contributed by atoms with Crippen molar-refractivity contribution in [3.8, 4) is 5.75 Å². The Labute approximate surface area is 157 Å². The van der Waals surface area contributed by atoms with E-state index >= 15 is 0 Å². The molecule has 2 aromatic carbocycles. The Hall–Kier alpha value is -2.21. The van der Waals surface area contributed by atoms with Crippen molar-refractivity contribution in [2.24, 2.45) is 0 Å². The first kappa shape index (κ1) is 18.6. The molecule has 26 heavy (non-hydrogen) atoms. The number of ether oxygens (including phenoxy) is 1. The van der Waals surface area contributed by atoms with Crippen molar-refractivity contribution in [3.63, 3.8) is 0 Å². The summed E-state index contributed by atoms with van der Waals surface area (Å²) in [6.45, 7) is 3.16. The van der Waals surface area contributed by atoms with Crippen molar-refractivity contribution >= 4 is 23.4 Å². The molecule has 0 aromatic heterocycles. The fourth-order valence-electron chi connectivity index (χ4n) is 2.95. The summed E-state index contributed by atoms with van der Waals surface area (Å²) in [5.41, 5.74) is 1.16. The van der Waals surface area contributed by atoms with E-state index in [1.807, 2.05) is 17.0 Å². The van der Waals surface area contributed by atoms with E-state index in [4.69, 9.17) is 4.74 Å². The van der Waals surface area contributed by atoms with Crippen LogP contribution in [0.1, 0.15) is 6.42 Å². The summed E-state index contributed by atoms with van der Waals surface area (Å²) >= 11 is 1.59. The molecule has 0 atom stereocenters. The third-order valence-electron chi connectivity index (χ3n) is 4.47. The lowest BCUT2D eigenvalue weighted by Crippen LogP contribution is -2.48. The van der Waals surface area contributed by atoms with Gasteiger partial charge in [0.05, 0.1) is 7.11 Å². The van der Waals surface area contributed by atoms with Crippen LogP contribution in [-0.4, -0.2) is 49.8 Å². The standard InChI is InChI=1S/C20H23FN2O2S/c1-25-18-6-4-17(5-7-18)22-11-13-23(14-12-22)20(24)10-15-26-19-8-2-16(21)3-9-19/h2-9H,10-15H2,1H3. The number of thioether (sulfide) groups is 1. The normalized spacial score (nSPS) is 14.4. The van der Waals surface area contributed by atoms with E-state index < -0.39 is 0 Å². The number of hydrogen-bond donors (Lipinski definition) is 0. The number of amides is 1. The van der Waals surface area contributed by atoms with Crippen LogP contribution >= 0.6 is 11.8 Å². The third-order valence-corrected chi connectivity index (χ3v) is 5.48. The van der Waals surface area contributed by atoms with E-state index in [0.29, 0.717) is 12.2 Å². The maximum absolute atomic E-state index is 12.9. The number of piperazine rings is 1. The summed E-state index contributed by atoms with van der Waals surface area (Å²) in [7, 11) is 1.66. The van der Waals surface area contributed by atoms with Crippen LogP contribution in [0.3, 0.4) is 0 Å². The highest BCUT2D eigenvalue weighted by molar-refractivity contribution is 7.99. The molecule has 0 unspecified atom stereocenters. The Morgan fingerprint density at radius 2 is 1.69 bits per heavy atom. The molecular weight excluding hydrogens is 351 g/mol. The molecule has 0 saturated carbocycles. The van der Waals surface area contributed by atoms with E-state index in [-0.39, 0.29) is 11.7 Å². The summed E-state index contributed by atoms with van der Waals surface area (Å²) in [6.07, 6.45) is 0.505. The number of rotatable bonds is 6. The third kappa shape index (κ3) is 4.91. The molecule has 1 heterocycles. The van der Waals surface area contributed by atoms with E-state index in [1.54, 1.807) is 31.0 Å². The zero-order chi connectivity index (χ0) is 18.4. The SMILES string of the molecule is COc1ccc(N2CCN(C(=O)CCSc3ccc(F)cc3)CC2)cc1. The number of methoxy groups -OCH3 is 1. The van der Waals surface area contributed by atoms with Gasteiger partial charge >= 0.3 is 0 Å². The van der Waals surface area contributed by atoms with Crippen LogP contribution in [-0.2, 0) is 4.79 Å². The van der Waals surface area contributed by atoms with Gasteiger partial charge in [-0.1, -0.05) is 0 Å². The lowest BCUT2D eigenvalue weighted by Gasteiger charge is -2.36. The van der Waals surface area contributed by atoms with Crippen molar-refractivity contribution in [2.45, 2.75) is 11.3 Å². The van der Waals surface area contributed by atoms with Gasteiger partial charge in [-0.05, 0) is 48.5 Å². The van der Waals surface area contributed by atoms with Crippen molar-refractivity contribution < 1.29 is 13.9 Å². The molecule has 2 aromatic rings. The summed E-state index contributed by atoms with van der Waals surface area (Å²) in [4.78, 5) is 17.6. The van der Waals surface area contributed by atoms with Gasteiger partial charge in [0.25, 0.3) is 0 Å². The fourth-order valence-corrected chi connectivity index (χ4v) is 3.79. The van der Waals surface area contributed by atoms with Gasteiger partial charge in [-0.15, -0.1) is 11.8 Å². The molecule has 6 heteroatoms. The Morgan fingerprint density at radius 1 is 1.04 bits per heavy atom. The fraction of sp³-hybridized carbons (Fsp3) is 0.350. The van der Waals surface area contributed by atoms with Gasteiger partial charge in [-0.3, -0.25) is 4.79 Å². The first-order valence-electron chi connectivity index (χ1n) is 8.71. The van der Waals surface area contributed by atoms with Gasteiger partial charge in [0, 0.05) is 48.9 Å². The summed E-state index contributed by atoms with van der Waals surface area (Å²) < 4.78 is 18.1. The van der Waals surface area contributed by atoms with Crippen molar-refractivity contribution in [1.82, 2.24) is 4.90 Å². The van der Waals surface area contributed by atoms with Crippen LogP contribution in [0.5, 0.6) is 5.75 Å². The number of hydrogen-bond acceptors (Lipinski definition) is 4.